The second-order valence-corrected chi connectivity index (χ2v) is 24.6. The highest BCUT2D eigenvalue weighted by molar-refractivity contribution is 6.30. The van der Waals surface area contributed by atoms with E-state index in [0.717, 1.165) is 28.1 Å². The molecule has 4 saturated heterocycles. The first-order valence-electron chi connectivity index (χ1n) is 33.2. The van der Waals surface area contributed by atoms with Crippen molar-refractivity contribution >= 4 is 69.2 Å². The number of hydrogen-bond donors (Lipinski definition) is 0. The van der Waals surface area contributed by atoms with Gasteiger partial charge < -0.3 is 43.9 Å². The number of alkyl halides is 3. The van der Waals surface area contributed by atoms with Crippen LogP contribution in [0.15, 0.2) is 219 Å². The molecule has 0 N–H and O–H groups in total. The van der Waals surface area contributed by atoms with Gasteiger partial charge in [-0.2, -0.15) is 0 Å². The molecule has 0 spiro atoms. The van der Waals surface area contributed by atoms with Crippen LogP contribution in [0.1, 0.15) is 22.3 Å². The van der Waals surface area contributed by atoms with Crippen molar-refractivity contribution in [1.29, 1.82) is 0 Å². The number of nitrogens with zero attached hydrogens (tertiary/aromatic N) is 16. The number of hydrogen-bond acceptors (Lipinski definition) is 21. The summed E-state index contributed by atoms with van der Waals surface area (Å²) in [6.07, 6.45) is 1.45. The SMILES string of the molecule is C=C(C#Cc1ccc(Cl)cc1)N1CCN(c2ncccc2[N+](=O)[O-])CC1.C=C(C#Cc1ccc(F)cc1)N1CCN(c2ncccc2[N+](=O)[O-])CC1.C=C(C#Cc1cccc(Cl)c1)N1CCN(c2ncccc2[N+](=O)[O-])CC1.C=C(C#Cc1cccc(OC(F)(F)F)c1)N1CCN(c2ncccc2[N+](=O)[O-])CC1. The second-order valence-electron chi connectivity index (χ2n) is 23.7. The molecule has 552 valence electrons. The fraction of sp³-hybridized carbons (Fsp3) is 0.221. The summed E-state index contributed by atoms with van der Waals surface area (Å²) in [6.45, 7) is 25.7. The van der Waals surface area contributed by atoms with Crippen molar-refractivity contribution in [2.75, 3.05) is 124 Å². The third-order valence-corrected chi connectivity index (χ3v) is 17.2. The van der Waals surface area contributed by atoms with Gasteiger partial charge in [0.1, 0.15) is 11.6 Å². The third kappa shape index (κ3) is 23.1. The van der Waals surface area contributed by atoms with E-state index in [1.807, 2.05) is 53.7 Å². The highest BCUT2D eigenvalue weighted by Gasteiger charge is 2.32. The van der Waals surface area contributed by atoms with Gasteiger partial charge in [0.05, 0.1) is 42.5 Å². The Labute approximate surface area is 629 Å². The van der Waals surface area contributed by atoms with Crippen LogP contribution in [0.2, 0.25) is 10.0 Å². The van der Waals surface area contributed by atoms with Crippen molar-refractivity contribution in [2.45, 2.75) is 6.36 Å². The average molecular weight is 1510 g/mol. The van der Waals surface area contributed by atoms with Gasteiger partial charge in [0.25, 0.3) is 0 Å². The summed E-state index contributed by atoms with van der Waals surface area (Å²) < 4.78 is 53.8. The zero-order valence-corrected chi connectivity index (χ0v) is 59.4. The van der Waals surface area contributed by atoms with Crippen LogP contribution >= 0.6 is 23.2 Å². The van der Waals surface area contributed by atoms with Crippen molar-refractivity contribution in [3.05, 3.63) is 298 Å². The fourth-order valence-corrected chi connectivity index (χ4v) is 11.5. The average Bonchev–Trinajstić information content (AvgIpc) is 0.838. The Morgan fingerprint density at radius 2 is 0.667 bits per heavy atom. The molecule has 0 atom stereocenters. The standard InChI is InChI=1S/C20H17F3N4O3.2C19H17ClN4O2.C19H17FN4O2/c1-15(7-8-16-4-2-5-17(14-16)30-20(21,22)23)25-10-12-26(13-11-25)19-18(27(28)29)6-3-9-24-19;1-15(7-8-16-4-2-5-17(20)14-16)22-10-12-23(13-11-22)19-18(24(25)26)6-3-9-21-19;2*1-15(4-5-16-6-8-17(20)9-7-16)22-11-13-23(14-12-22)19-18(24(25)26)3-2-10-21-19/h2-6,9,14H,1,10-13H2;2-6,9,14H,1,10-13H2;2*2-3,6-10H,1,11-14H2. The highest BCUT2D eigenvalue weighted by Crippen LogP contribution is 2.31. The first-order chi connectivity index (χ1) is 51.9. The number of ether oxygens (including phenoxy) is 1. The van der Waals surface area contributed by atoms with Crippen molar-refractivity contribution in [3.8, 4) is 53.1 Å². The maximum absolute atomic E-state index is 12.9. The lowest BCUT2D eigenvalue weighted by Crippen LogP contribution is -2.46. The van der Waals surface area contributed by atoms with Gasteiger partial charge in [-0.1, -0.05) is 85.3 Å². The molecule has 4 aliphatic rings. The number of piperazine rings is 4. The Bertz CT molecular complexity index is 4740. The molecule has 25 nitrogen and oxygen atoms in total. The Hall–Kier alpha value is -13.2. The molecule has 0 saturated carbocycles. The number of rotatable bonds is 13. The molecule has 4 fully saturated rings. The van der Waals surface area contributed by atoms with Gasteiger partial charge in [0.2, 0.25) is 23.3 Å². The van der Waals surface area contributed by atoms with E-state index in [0.29, 0.717) is 155 Å². The molecule has 4 aromatic heterocycles. The lowest BCUT2D eigenvalue weighted by atomic mass is 10.2. The molecule has 0 unspecified atom stereocenters. The summed E-state index contributed by atoms with van der Waals surface area (Å²) in [5, 5.41) is 46.0. The van der Waals surface area contributed by atoms with Crippen LogP contribution in [0.5, 0.6) is 5.75 Å². The first-order valence-corrected chi connectivity index (χ1v) is 33.9. The molecular formula is C77H68Cl2F4N16O9. The molecule has 12 rings (SSSR count). The van der Waals surface area contributed by atoms with Crippen LogP contribution in [0.3, 0.4) is 0 Å². The molecule has 8 aromatic rings. The molecule has 8 heterocycles. The smallest absolute Gasteiger partial charge is 0.406 e. The first kappa shape index (κ1) is 78.9. The van der Waals surface area contributed by atoms with Crippen molar-refractivity contribution in [1.82, 2.24) is 39.5 Å². The van der Waals surface area contributed by atoms with E-state index >= 15 is 0 Å². The number of anilines is 4. The normalized spacial score (nSPS) is 13.8. The van der Waals surface area contributed by atoms with Gasteiger partial charge in [-0.15, -0.1) is 13.2 Å². The summed E-state index contributed by atoms with van der Waals surface area (Å²) >= 11 is 11.8. The summed E-state index contributed by atoms with van der Waals surface area (Å²) in [5.74, 6) is 24.7. The van der Waals surface area contributed by atoms with Gasteiger partial charge in [-0.05, 0) is 133 Å². The zero-order valence-electron chi connectivity index (χ0n) is 57.9. The van der Waals surface area contributed by atoms with Crippen molar-refractivity contribution < 1.29 is 42.0 Å². The van der Waals surface area contributed by atoms with Crippen LogP contribution in [-0.2, 0) is 0 Å². The van der Waals surface area contributed by atoms with E-state index in [2.05, 4.69) is 108 Å². The number of pyridine rings is 4. The Morgan fingerprint density at radius 1 is 0.380 bits per heavy atom. The number of halogens is 6. The number of benzene rings is 4. The molecule has 0 amide bonds. The summed E-state index contributed by atoms with van der Waals surface area (Å²) in [4.78, 5) is 75.3. The van der Waals surface area contributed by atoms with E-state index in [1.165, 1.54) is 66.9 Å². The van der Waals surface area contributed by atoms with Gasteiger partial charge in [0.15, 0.2) is 0 Å². The lowest BCUT2D eigenvalue weighted by molar-refractivity contribution is -0.384. The molecular weight excluding hydrogens is 1440 g/mol. The summed E-state index contributed by atoms with van der Waals surface area (Å²) in [5.41, 5.74) is 5.44. The Balaban J connectivity index is 0.000000166. The number of allylic oxidation sites excluding steroid dienone is 4. The lowest BCUT2D eigenvalue weighted by Gasteiger charge is -2.35. The Morgan fingerprint density at radius 3 is 0.963 bits per heavy atom. The molecule has 4 aliphatic heterocycles. The van der Waals surface area contributed by atoms with Crippen molar-refractivity contribution in [2.24, 2.45) is 0 Å². The maximum atomic E-state index is 12.9. The molecule has 31 heteroatoms. The Kier molecular flexibility index (Phi) is 27.8. The summed E-state index contributed by atoms with van der Waals surface area (Å²) in [7, 11) is 0. The number of nitro groups is 4. The minimum atomic E-state index is -4.77. The van der Waals surface area contributed by atoms with E-state index in [4.69, 9.17) is 23.2 Å². The molecule has 0 bridgehead atoms. The zero-order chi connectivity index (χ0) is 77.3. The third-order valence-electron chi connectivity index (χ3n) is 16.7. The highest BCUT2D eigenvalue weighted by atomic mass is 35.5. The molecule has 108 heavy (non-hydrogen) atoms. The predicted octanol–water partition coefficient (Wildman–Crippen LogP) is 13.1. The second kappa shape index (κ2) is 38.0. The van der Waals surface area contributed by atoms with Crippen LogP contribution in [0.4, 0.5) is 63.6 Å². The quantitative estimate of drug-likeness (QED) is 0.0449. The van der Waals surface area contributed by atoms with Crippen molar-refractivity contribution in [3.63, 3.8) is 0 Å². The van der Waals surface area contributed by atoms with Gasteiger partial charge >= 0.3 is 29.1 Å². The van der Waals surface area contributed by atoms with E-state index in [1.54, 1.807) is 79.3 Å². The monoisotopic (exact) mass is 1510 g/mol. The van der Waals surface area contributed by atoms with E-state index < -0.39 is 26.1 Å². The van der Waals surface area contributed by atoms with Crippen LogP contribution in [-0.4, -0.2) is 170 Å². The molecule has 0 radical (unpaired) electrons. The largest absolute Gasteiger partial charge is 0.573 e. The van der Waals surface area contributed by atoms with Crippen LogP contribution in [0.25, 0.3) is 0 Å². The number of aromatic nitrogens is 4. The molecule has 4 aromatic carbocycles. The van der Waals surface area contributed by atoms with E-state index in [-0.39, 0.29) is 34.3 Å². The minimum Gasteiger partial charge on any atom is -0.406 e. The maximum Gasteiger partial charge on any atom is 0.573 e. The minimum absolute atomic E-state index is 0.0101. The topological polar surface area (TPSA) is 259 Å². The fourth-order valence-electron chi connectivity index (χ4n) is 11.1. The molecule has 0 aliphatic carbocycles. The van der Waals surface area contributed by atoms with Gasteiger partial charge in [0, 0.05) is 186 Å². The van der Waals surface area contributed by atoms with Gasteiger partial charge in [-0.3, -0.25) is 40.5 Å². The van der Waals surface area contributed by atoms with E-state index in [9.17, 15) is 58.0 Å². The van der Waals surface area contributed by atoms with Crippen LogP contribution in [0, 0.1) is 93.6 Å². The van der Waals surface area contributed by atoms with Crippen LogP contribution < -0.4 is 24.3 Å². The summed E-state index contributed by atoms with van der Waals surface area (Å²) in [6, 6.07) is 38.1. The predicted molar refractivity (Wildman–Crippen MR) is 405 cm³/mol. The van der Waals surface area contributed by atoms with Gasteiger partial charge in [-0.25, -0.2) is 24.3 Å².